The van der Waals surface area contributed by atoms with Crippen LogP contribution in [0.25, 0.3) is 0 Å². The van der Waals surface area contributed by atoms with E-state index in [1.54, 1.807) is 12.3 Å². The normalized spacial score (nSPS) is 16.9. The summed E-state index contributed by atoms with van der Waals surface area (Å²) in [4.78, 5) is 17.2. The lowest BCUT2D eigenvalue weighted by atomic mass is 10.2. The van der Waals surface area contributed by atoms with Crippen LogP contribution in [0.3, 0.4) is 0 Å². The summed E-state index contributed by atoms with van der Waals surface area (Å²) in [6.45, 7) is 4.62. The molecule has 0 aromatic carbocycles. The lowest BCUT2D eigenvalue weighted by Crippen LogP contribution is -2.37. The van der Waals surface area contributed by atoms with E-state index >= 15 is 0 Å². The van der Waals surface area contributed by atoms with Gasteiger partial charge in [-0.2, -0.15) is 0 Å². The SMILES string of the molecule is NC(=O)c1ccc(CCN2CCOCC2)cn1. The number of morpholine rings is 1. The van der Waals surface area contributed by atoms with Crippen LogP contribution in [0.15, 0.2) is 18.3 Å². The smallest absolute Gasteiger partial charge is 0.267 e. The van der Waals surface area contributed by atoms with Crippen molar-refractivity contribution in [2.75, 3.05) is 32.8 Å². The Hall–Kier alpha value is -1.46. The molecule has 1 aliphatic rings. The van der Waals surface area contributed by atoms with Crippen molar-refractivity contribution in [1.82, 2.24) is 9.88 Å². The highest BCUT2D eigenvalue weighted by Gasteiger charge is 2.10. The Morgan fingerprint density at radius 2 is 2.18 bits per heavy atom. The number of hydrogen-bond acceptors (Lipinski definition) is 4. The average molecular weight is 235 g/mol. The van der Waals surface area contributed by atoms with Crippen LogP contribution in [-0.4, -0.2) is 48.6 Å². The molecule has 0 bridgehead atoms. The molecule has 1 amide bonds. The molecule has 0 aliphatic carbocycles. The van der Waals surface area contributed by atoms with Crippen molar-refractivity contribution in [2.45, 2.75) is 6.42 Å². The van der Waals surface area contributed by atoms with Crippen molar-refractivity contribution in [1.29, 1.82) is 0 Å². The Morgan fingerprint density at radius 1 is 1.41 bits per heavy atom. The van der Waals surface area contributed by atoms with Crippen LogP contribution in [0, 0.1) is 0 Å². The molecule has 5 heteroatoms. The minimum atomic E-state index is -0.482. The van der Waals surface area contributed by atoms with Gasteiger partial charge in [-0.1, -0.05) is 6.07 Å². The number of aromatic nitrogens is 1. The van der Waals surface area contributed by atoms with Gasteiger partial charge in [0.15, 0.2) is 0 Å². The van der Waals surface area contributed by atoms with Crippen LogP contribution in [-0.2, 0) is 11.2 Å². The molecule has 0 atom stereocenters. The fourth-order valence-electron chi connectivity index (χ4n) is 1.83. The third-order valence-electron chi connectivity index (χ3n) is 2.90. The number of primary amides is 1. The fourth-order valence-corrected chi connectivity index (χ4v) is 1.83. The molecule has 92 valence electrons. The van der Waals surface area contributed by atoms with Crippen molar-refractivity contribution in [3.63, 3.8) is 0 Å². The molecule has 0 spiro atoms. The summed E-state index contributed by atoms with van der Waals surface area (Å²) in [7, 11) is 0. The molecule has 0 radical (unpaired) electrons. The number of rotatable bonds is 4. The number of carbonyl (C=O) groups excluding carboxylic acids is 1. The number of pyridine rings is 1. The first-order chi connectivity index (χ1) is 8.25. The maximum absolute atomic E-state index is 10.9. The molecule has 1 fully saturated rings. The summed E-state index contributed by atoms with van der Waals surface area (Å²) in [5, 5.41) is 0. The molecule has 17 heavy (non-hydrogen) atoms. The van der Waals surface area contributed by atoms with Crippen molar-refractivity contribution in [3.05, 3.63) is 29.6 Å². The highest BCUT2D eigenvalue weighted by Crippen LogP contribution is 2.04. The molecule has 1 saturated heterocycles. The second-order valence-electron chi connectivity index (χ2n) is 4.12. The van der Waals surface area contributed by atoms with Gasteiger partial charge in [-0.05, 0) is 18.1 Å². The summed E-state index contributed by atoms with van der Waals surface area (Å²) < 4.78 is 5.29. The number of nitrogens with zero attached hydrogens (tertiary/aromatic N) is 2. The molecule has 1 aromatic rings. The van der Waals surface area contributed by atoms with Crippen LogP contribution in [0.4, 0.5) is 0 Å². The van der Waals surface area contributed by atoms with E-state index in [-0.39, 0.29) is 0 Å². The maximum Gasteiger partial charge on any atom is 0.267 e. The first-order valence-corrected chi connectivity index (χ1v) is 5.80. The fraction of sp³-hybridized carbons (Fsp3) is 0.500. The number of ether oxygens (including phenoxy) is 1. The maximum atomic E-state index is 10.9. The lowest BCUT2D eigenvalue weighted by Gasteiger charge is -2.26. The Kier molecular flexibility index (Phi) is 4.06. The van der Waals surface area contributed by atoms with Gasteiger partial charge in [0.05, 0.1) is 13.2 Å². The molecule has 1 aliphatic heterocycles. The summed E-state index contributed by atoms with van der Waals surface area (Å²) in [5.74, 6) is -0.482. The first-order valence-electron chi connectivity index (χ1n) is 5.80. The van der Waals surface area contributed by atoms with Crippen molar-refractivity contribution >= 4 is 5.91 Å². The van der Waals surface area contributed by atoms with Crippen molar-refractivity contribution in [2.24, 2.45) is 5.73 Å². The van der Waals surface area contributed by atoms with Gasteiger partial charge in [-0.3, -0.25) is 14.7 Å². The Morgan fingerprint density at radius 3 is 2.76 bits per heavy atom. The summed E-state index contributed by atoms with van der Waals surface area (Å²) in [6.07, 6.45) is 2.66. The number of hydrogen-bond donors (Lipinski definition) is 1. The summed E-state index contributed by atoms with van der Waals surface area (Å²) in [6, 6.07) is 3.59. The standard InChI is InChI=1S/C12H17N3O2/c13-12(16)11-2-1-10(9-14-11)3-4-15-5-7-17-8-6-15/h1-2,9H,3-8H2,(H2,13,16). The average Bonchev–Trinajstić information content (AvgIpc) is 2.38. The number of amides is 1. The zero-order chi connectivity index (χ0) is 12.1. The minimum absolute atomic E-state index is 0.320. The Labute approximate surface area is 101 Å². The van der Waals surface area contributed by atoms with E-state index in [0.717, 1.165) is 44.8 Å². The van der Waals surface area contributed by atoms with Gasteiger partial charge in [0.2, 0.25) is 0 Å². The van der Waals surface area contributed by atoms with Gasteiger partial charge in [-0.15, -0.1) is 0 Å². The quantitative estimate of drug-likeness (QED) is 0.801. The molecule has 2 N–H and O–H groups in total. The Bertz CT molecular complexity index is 372. The molecule has 0 saturated carbocycles. The van der Waals surface area contributed by atoms with Crippen LogP contribution in [0.2, 0.25) is 0 Å². The summed E-state index contributed by atoms with van der Waals surface area (Å²) in [5.41, 5.74) is 6.58. The van der Waals surface area contributed by atoms with Gasteiger partial charge >= 0.3 is 0 Å². The monoisotopic (exact) mass is 235 g/mol. The van der Waals surface area contributed by atoms with E-state index in [1.807, 2.05) is 6.07 Å². The van der Waals surface area contributed by atoms with Crippen LogP contribution in [0.1, 0.15) is 16.1 Å². The van der Waals surface area contributed by atoms with E-state index in [4.69, 9.17) is 10.5 Å². The number of carbonyl (C=O) groups is 1. The second kappa shape index (κ2) is 5.75. The molecule has 5 nitrogen and oxygen atoms in total. The zero-order valence-corrected chi connectivity index (χ0v) is 9.76. The van der Waals surface area contributed by atoms with Crippen molar-refractivity contribution in [3.8, 4) is 0 Å². The molecule has 1 aromatic heterocycles. The topological polar surface area (TPSA) is 68.5 Å². The van der Waals surface area contributed by atoms with E-state index < -0.39 is 5.91 Å². The highest BCUT2D eigenvalue weighted by atomic mass is 16.5. The predicted molar refractivity (Wildman–Crippen MR) is 63.7 cm³/mol. The molecule has 0 unspecified atom stereocenters. The molecule has 2 rings (SSSR count). The molecule has 2 heterocycles. The second-order valence-corrected chi connectivity index (χ2v) is 4.12. The van der Waals surface area contributed by atoms with Gasteiger partial charge in [0.25, 0.3) is 5.91 Å². The molecular weight excluding hydrogens is 218 g/mol. The van der Waals surface area contributed by atoms with E-state index in [1.165, 1.54) is 0 Å². The van der Waals surface area contributed by atoms with Crippen LogP contribution in [0.5, 0.6) is 0 Å². The number of nitrogens with two attached hydrogens (primary N) is 1. The molecular formula is C12H17N3O2. The van der Waals surface area contributed by atoms with Crippen LogP contribution >= 0.6 is 0 Å². The largest absolute Gasteiger partial charge is 0.379 e. The van der Waals surface area contributed by atoms with Gasteiger partial charge in [0.1, 0.15) is 5.69 Å². The summed E-state index contributed by atoms with van der Waals surface area (Å²) >= 11 is 0. The predicted octanol–water partition coefficient (Wildman–Crippen LogP) is 0.0552. The minimum Gasteiger partial charge on any atom is -0.379 e. The van der Waals surface area contributed by atoms with Gasteiger partial charge < -0.3 is 10.5 Å². The lowest BCUT2D eigenvalue weighted by molar-refractivity contribution is 0.0384. The third-order valence-corrected chi connectivity index (χ3v) is 2.90. The van der Waals surface area contributed by atoms with Gasteiger partial charge in [0, 0.05) is 25.8 Å². The van der Waals surface area contributed by atoms with Crippen LogP contribution < -0.4 is 5.73 Å². The van der Waals surface area contributed by atoms with E-state index in [9.17, 15) is 4.79 Å². The first kappa shape index (κ1) is 12.0. The third kappa shape index (κ3) is 3.51. The van der Waals surface area contributed by atoms with Gasteiger partial charge in [-0.25, -0.2) is 0 Å². The van der Waals surface area contributed by atoms with E-state index in [0.29, 0.717) is 5.69 Å². The van der Waals surface area contributed by atoms with Crippen molar-refractivity contribution < 1.29 is 9.53 Å². The van der Waals surface area contributed by atoms with E-state index in [2.05, 4.69) is 9.88 Å². The highest BCUT2D eigenvalue weighted by molar-refractivity contribution is 5.90. The Balaban J connectivity index is 1.84. The zero-order valence-electron chi connectivity index (χ0n) is 9.76.